The van der Waals surface area contributed by atoms with Gasteiger partial charge in [-0.25, -0.2) is 0 Å². The highest BCUT2D eigenvalue weighted by molar-refractivity contribution is 5.93. The minimum Gasteiger partial charge on any atom is -0.342 e. The second-order valence-corrected chi connectivity index (χ2v) is 5.39. The minimum absolute atomic E-state index is 0.00902. The van der Waals surface area contributed by atoms with Gasteiger partial charge in [0.15, 0.2) is 0 Å². The zero-order chi connectivity index (χ0) is 14.6. The van der Waals surface area contributed by atoms with Crippen LogP contribution in [0.1, 0.15) is 32.3 Å². The van der Waals surface area contributed by atoms with Gasteiger partial charge in [0.25, 0.3) is 0 Å². The summed E-state index contributed by atoms with van der Waals surface area (Å²) in [5, 5.41) is 2.84. The van der Waals surface area contributed by atoms with Crippen LogP contribution < -0.4 is 5.32 Å². The van der Waals surface area contributed by atoms with E-state index in [2.05, 4.69) is 10.3 Å². The number of amides is 2. The van der Waals surface area contributed by atoms with Gasteiger partial charge in [-0.05, 0) is 31.4 Å². The zero-order valence-corrected chi connectivity index (χ0v) is 12.1. The van der Waals surface area contributed by atoms with Crippen molar-refractivity contribution < 1.29 is 9.59 Å². The molecule has 2 heterocycles. The zero-order valence-electron chi connectivity index (χ0n) is 12.1. The third-order valence-corrected chi connectivity index (χ3v) is 3.88. The molecule has 1 saturated heterocycles. The number of nitrogens with one attached hydrogen (secondary N) is 1. The van der Waals surface area contributed by atoms with Crippen LogP contribution in [0.25, 0.3) is 0 Å². The molecule has 0 radical (unpaired) electrons. The van der Waals surface area contributed by atoms with Crippen LogP contribution >= 0.6 is 0 Å². The van der Waals surface area contributed by atoms with E-state index in [4.69, 9.17) is 0 Å². The van der Waals surface area contributed by atoms with E-state index < -0.39 is 5.54 Å². The number of carbonyl (C=O) groups excluding carboxylic acids is 2. The second-order valence-electron chi connectivity index (χ2n) is 5.39. The molecule has 1 aliphatic heterocycles. The number of pyridine rings is 1. The normalized spacial score (nSPS) is 23.4. The smallest absolute Gasteiger partial charge is 0.248 e. The van der Waals surface area contributed by atoms with Crippen molar-refractivity contribution >= 4 is 11.8 Å². The summed E-state index contributed by atoms with van der Waals surface area (Å²) in [6, 6.07) is 3.89. The van der Waals surface area contributed by atoms with Gasteiger partial charge in [-0.2, -0.15) is 0 Å². The molecule has 1 aliphatic rings. The van der Waals surface area contributed by atoms with Crippen LogP contribution in [0.5, 0.6) is 0 Å². The molecule has 0 aliphatic carbocycles. The molecule has 0 spiro atoms. The summed E-state index contributed by atoms with van der Waals surface area (Å²) in [7, 11) is 0. The lowest BCUT2D eigenvalue weighted by Crippen LogP contribution is -2.54. The molecule has 5 nitrogen and oxygen atoms in total. The fourth-order valence-electron chi connectivity index (χ4n) is 2.37. The fraction of sp³-hybridized carbons (Fsp3) is 0.533. The quantitative estimate of drug-likeness (QED) is 0.896. The average molecular weight is 275 g/mol. The molecule has 20 heavy (non-hydrogen) atoms. The van der Waals surface area contributed by atoms with Crippen molar-refractivity contribution in [1.29, 1.82) is 0 Å². The Labute approximate surface area is 119 Å². The van der Waals surface area contributed by atoms with Crippen molar-refractivity contribution in [2.45, 2.75) is 38.6 Å². The number of rotatable bonds is 4. The standard InChI is InChI=1S/C15H21N3O2/c1-3-15(2)14(20)18(10-7-13(19)17-15)9-6-12-5-4-8-16-11-12/h4-5,8,11H,3,6-7,9-10H2,1-2H3,(H,17,19). The molecule has 0 saturated carbocycles. The molecule has 1 aromatic heterocycles. The van der Waals surface area contributed by atoms with Crippen LogP contribution in [-0.2, 0) is 16.0 Å². The van der Waals surface area contributed by atoms with E-state index in [-0.39, 0.29) is 11.8 Å². The van der Waals surface area contributed by atoms with Gasteiger partial charge in [-0.3, -0.25) is 14.6 Å². The molecule has 1 N–H and O–H groups in total. The monoisotopic (exact) mass is 275 g/mol. The summed E-state index contributed by atoms with van der Waals surface area (Å²) in [5.74, 6) is -0.0404. The van der Waals surface area contributed by atoms with Crippen LogP contribution in [0.15, 0.2) is 24.5 Å². The third-order valence-electron chi connectivity index (χ3n) is 3.88. The van der Waals surface area contributed by atoms with Crippen molar-refractivity contribution in [2.24, 2.45) is 0 Å². The molecular formula is C15H21N3O2. The van der Waals surface area contributed by atoms with Crippen molar-refractivity contribution in [3.05, 3.63) is 30.1 Å². The lowest BCUT2D eigenvalue weighted by atomic mass is 9.97. The number of nitrogens with zero attached hydrogens (tertiary/aromatic N) is 2. The number of carbonyl (C=O) groups is 2. The van der Waals surface area contributed by atoms with Gasteiger partial charge in [0.2, 0.25) is 11.8 Å². The Morgan fingerprint density at radius 3 is 2.90 bits per heavy atom. The maximum Gasteiger partial charge on any atom is 0.248 e. The SMILES string of the molecule is CCC1(C)NC(=O)CCN(CCc2cccnc2)C1=O. The van der Waals surface area contributed by atoms with Crippen molar-refractivity contribution in [3.8, 4) is 0 Å². The molecule has 1 atom stereocenters. The largest absolute Gasteiger partial charge is 0.342 e. The lowest BCUT2D eigenvalue weighted by molar-refractivity contribution is -0.138. The average Bonchev–Trinajstić information content (AvgIpc) is 2.57. The van der Waals surface area contributed by atoms with Gasteiger partial charge in [0.05, 0.1) is 0 Å². The Morgan fingerprint density at radius 1 is 1.45 bits per heavy atom. The molecule has 1 aromatic rings. The van der Waals surface area contributed by atoms with Gasteiger partial charge < -0.3 is 10.2 Å². The van der Waals surface area contributed by atoms with Crippen LogP contribution in [-0.4, -0.2) is 40.3 Å². The van der Waals surface area contributed by atoms with Crippen LogP contribution in [0.3, 0.4) is 0 Å². The van der Waals surface area contributed by atoms with E-state index >= 15 is 0 Å². The molecule has 1 unspecified atom stereocenters. The Bertz CT molecular complexity index is 489. The van der Waals surface area contributed by atoms with Gasteiger partial charge in [0.1, 0.15) is 5.54 Å². The summed E-state index contributed by atoms with van der Waals surface area (Å²) >= 11 is 0. The second kappa shape index (κ2) is 6.03. The fourth-order valence-corrected chi connectivity index (χ4v) is 2.37. The van der Waals surface area contributed by atoms with E-state index in [0.717, 1.165) is 12.0 Å². The first kappa shape index (κ1) is 14.5. The first-order valence-corrected chi connectivity index (χ1v) is 7.04. The topological polar surface area (TPSA) is 62.3 Å². The highest BCUT2D eigenvalue weighted by Crippen LogP contribution is 2.18. The molecule has 0 bridgehead atoms. The summed E-state index contributed by atoms with van der Waals surface area (Å²) < 4.78 is 0. The summed E-state index contributed by atoms with van der Waals surface area (Å²) in [4.78, 5) is 30.1. The number of hydrogen-bond acceptors (Lipinski definition) is 3. The van der Waals surface area contributed by atoms with Gasteiger partial charge >= 0.3 is 0 Å². The maximum absolute atomic E-state index is 12.6. The van der Waals surface area contributed by atoms with E-state index in [1.165, 1.54) is 0 Å². The minimum atomic E-state index is -0.775. The van der Waals surface area contributed by atoms with Crippen molar-refractivity contribution in [2.75, 3.05) is 13.1 Å². The molecule has 5 heteroatoms. The molecule has 108 valence electrons. The van der Waals surface area contributed by atoms with E-state index in [1.807, 2.05) is 25.3 Å². The van der Waals surface area contributed by atoms with Crippen molar-refractivity contribution in [3.63, 3.8) is 0 Å². The van der Waals surface area contributed by atoms with Gasteiger partial charge in [0, 0.05) is 31.9 Å². The van der Waals surface area contributed by atoms with E-state index in [1.54, 1.807) is 18.0 Å². The Hall–Kier alpha value is -1.91. The number of aromatic nitrogens is 1. The number of hydrogen-bond donors (Lipinski definition) is 1. The highest BCUT2D eigenvalue weighted by atomic mass is 16.2. The van der Waals surface area contributed by atoms with Crippen LogP contribution in [0.4, 0.5) is 0 Å². The van der Waals surface area contributed by atoms with Crippen molar-refractivity contribution in [1.82, 2.24) is 15.2 Å². The molecule has 2 rings (SSSR count). The Morgan fingerprint density at radius 2 is 2.25 bits per heavy atom. The summed E-state index contributed by atoms with van der Waals surface area (Å²) in [5.41, 5.74) is 0.324. The summed E-state index contributed by atoms with van der Waals surface area (Å²) in [6.07, 6.45) is 5.27. The highest BCUT2D eigenvalue weighted by Gasteiger charge is 2.38. The van der Waals surface area contributed by atoms with Crippen LogP contribution in [0, 0.1) is 0 Å². The van der Waals surface area contributed by atoms with Gasteiger partial charge in [-0.1, -0.05) is 13.0 Å². The molecule has 2 amide bonds. The lowest BCUT2D eigenvalue weighted by Gasteiger charge is -2.31. The Balaban J connectivity index is 2.06. The molecule has 0 aromatic carbocycles. The van der Waals surface area contributed by atoms with Crippen LogP contribution in [0.2, 0.25) is 0 Å². The third kappa shape index (κ3) is 3.15. The molecular weight excluding hydrogens is 254 g/mol. The first-order valence-electron chi connectivity index (χ1n) is 7.04. The Kier molecular flexibility index (Phi) is 4.37. The first-order chi connectivity index (χ1) is 9.55. The van der Waals surface area contributed by atoms with E-state index in [9.17, 15) is 9.59 Å². The summed E-state index contributed by atoms with van der Waals surface area (Å²) in [6.45, 7) is 4.83. The molecule has 1 fully saturated rings. The predicted molar refractivity (Wildman–Crippen MR) is 76.0 cm³/mol. The van der Waals surface area contributed by atoms with Gasteiger partial charge in [-0.15, -0.1) is 0 Å². The predicted octanol–water partition coefficient (Wildman–Crippen LogP) is 1.14. The maximum atomic E-state index is 12.6. The van der Waals surface area contributed by atoms with E-state index in [0.29, 0.717) is 25.9 Å².